The fourth-order valence-electron chi connectivity index (χ4n) is 1.74. The number of rotatable bonds is 5. The van der Waals surface area contributed by atoms with Crippen molar-refractivity contribution in [1.82, 2.24) is 9.55 Å². The normalized spacial score (nSPS) is 13.5. The van der Waals surface area contributed by atoms with Crippen LogP contribution in [0, 0.1) is 5.92 Å². The lowest BCUT2D eigenvalue weighted by Gasteiger charge is -2.14. The van der Waals surface area contributed by atoms with Crippen LogP contribution in [0.25, 0.3) is 0 Å². The molecule has 0 saturated carbocycles. The van der Waals surface area contributed by atoms with Crippen LogP contribution in [0.4, 0.5) is 0 Å². The van der Waals surface area contributed by atoms with E-state index in [2.05, 4.69) is 30.3 Å². The molecule has 0 fully saturated rings. The van der Waals surface area contributed by atoms with Crippen molar-refractivity contribution < 1.29 is 0 Å². The lowest BCUT2D eigenvalue weighted by atomic mass is 10.0. The molecule has 1 unspecified atom stereocenters. The molecule has 14 heavy (non-hydrogen) atoms. The molecule has 1 atom stereocenters. The van der Waals surface area contributed by atoms with Gasteiger partial charge >= 0.3 is 0 Å². The first kappa shape index (κ1) is 11.2. The smallest absolute Gasteiger partial charge is 0.110 e. The van der Waals surface area contributed by atoms with E-state index in [0.717, 1.165) is 25.2 Å². The van der Waals surface area contributed by atoms with Gasteiger partial charge in [-0.05, 0) is 19.3 Å². The van der Waals surface area contributed by atoms with E-state index in [9.17, 15) is 0 Å². The minimum absolute atomic E-state index is 0.239. The van der Waals surface area contributed by atoms with Crippen LogP contribution in [0.3, 0.4) is 0 Å². The van der Waals surface area contributed by atoms with E-state index in [0.29, 0.717) is 5.92 Å². The van der Waals surface area contributed by atoms with Gasteiger partial charge in [-0.2, -0.15) is 0 Å². The Labute approximate surface area is 86.3 Å². The Hall–Kier alpha value is -0.830. The summed E-state index contributed by atoms with van der Waals surface area (Å²) >= 11 is 0. The third kappa shape index (κ3) is 3.14. The number of hydrogen-bond acceptors (Lipinski definition) is 2. The maximum atomic E-state index is 6.04. The molecule has 2 N–H and O–H groups in total. The zero-order valence-corrected chi connectivity index (χ0v) is 9.40. The second kappa shape index (κ2) is 5.15. The maximum Gasteiger partial charge on any atom is 0.110 e. The largest absolute Gasteiger partial charge is 0.335 e. The summed E-state index contributed by atoms with van der Waals surface area (Å²) in [6.45, 7) is 7.50. The number of hydrogen-bond donors (Lipinski definition) is 1. The summed E-state index contributed by atoms with van der Waals surface area (Å²) in [5, 5.41) is 0. The van der Waals surface area contributed by atoms with Crippen molar-refractivity contribution in [3.8, 4) is 0 Å². The van der Waals surface area contributed by atoms with E-state index in [4.69, 9.17) is 5.73 Å². The Bertz CT molecular complexity index is 265. The summed E-state index contributed by atoms with van der Waals surface area (Å²) in [4.78, 5) is 4.32. The highest BCUT2D eigenvalue weighted by molar-refractivity contribution is 4.94. The van der Waals surface area contributed by atoms with E-state index in [1.807, 2.05) is 12.4 Å². The number of nitrogens with two attached hydrogens (primary N) is 1. The molecule has 0 radical (unpaired) electrons. The van der Waals surface area contributed by atoms with Gasteiger partial charge in [0.2, 0.25) is 0 Å². The van der Waals surface area contributed by atoms with Gasteiger partial charge < -0.3 is 10.3 Å². The van der Waals surface area contributed by atoms with Crippen LogP contribution in [0.2, 0.25) is 0 Å². The van der Waals surface area contributed by atoms with Gasteiger partial charge in [-0.15, -0.1) is 0 Å². The topological polar surface area (TPSA) is 43.8 Å². The van der Waals surface area contributed by atoms with Crippen LogP contribution < -0.4 is 5.73 Å². The quantitative estimate of drug-likeness (QED) is 0.779. The first-order valence-electron chi connectivity index (χ1n) is 5.39. The first-order chi connectivity index (χ1) is 6.63. The van der Waals surface area contributed by atoms with Crippen LogP contribution in [-0.4, -0.2) is 15.6 Å². The molecule has 0 saturated heterocycles. The van der Waals surface area contributed by atoms with Crippen molar-refractivity contribution in [2.45, 2.75) is 46.2 Å². The lowest BCUT2D eigenvalue weighted by Crippen LogP contribution is -2.26. The number of aryl methyl sites for hydroxylation is 1. The predicted molar refractivity (Wildman–Crippen MR) is 59.0 cm³/mol. The Balaban J connectivity index is 2.51. The molecule has 1 rings (SSSR count). The Morgan fingerprint density at radius 1 is 1.50 bits per heavy atom. The van der Waals surface area contributed by atoms with E-state index in [1.54, 1.807) is 0 Å². The van der Waals surface area contributed by atoms with Gasteiger partial charge in [0.1, 0.15) is 5.82 Å². The van der Waals surface area contributed by atoms with Gasteiger partial charge in [0.15, 0.2) is 0 Å². The number of aromatic nitrogens is 2. The van der Waals surface area contributed by atoms with Crippen molar-refractivity contribution in [3.63, 3.8) is 0 Å². The zero-order valence-electron chi connectivity index (χ0n) is 9.40. The van der Waals surface area contributed by atoms with Crippen LogP contribution in [0.5, 0.6) is 0 Å². The molecule has 3 nitrogen and oxygen atoms in total. The monoisotopic (exact) mass is 195 g/mol. The molecule has 1 aromatic heterocycles. The second-order valence-corrected chi connectivity index (χ2v) is 4.22. The zero-order chi connectivity index (χ0) is 10.6. The van der Waals surface area contributed by atoms with Gasteiger partial charge in [0.05, 0.1) is 0 Å². The molecular weight excluding hydrogens is 174 g/mol. The molecule has 0 amide bonds. The molecular formula is C11H21N3. The molecule has 0 spiro atoms. The summed E-state index contributed by atoms with van der Waals surface area (Å²) < 4.78 is 2.15. The van der Waals surface area contributed by atoms with Crippen molar-refractivity contribution >= 4 is 0 Å². The highest BCUT2D eigenvalue weighted by atomic mass is 15.1. The van der Waals surface area contributed by atoms with Crippen LogP contribution in [0.1, 0.15) is 33.0 Å². The molecule has 80 valence electrons. The average molecular weight is 195 g/mol. The van der Waals surface area contributed by atoms with Crippen LogP contribution in [0.15, 0.2) is 12.4 Å². The SMILES string of the molecule is CCn1ccnc1CC(N)CC(C)C. The summed E-state index contributed by atoms with van der Waals surface area (Å²) in [7, 11) is 0. The van der Waals surface area contributed by atoms with Crippen LogP contribution in [-0.2, 0) is 13.0 Å². The highest BCUT2D eigenvalue weighted by Gasteiger charge is 2.09. The molecule has 0 bridgehead atoms. The third-order valence-corrected chi connectivity index (χ3v) is 2.36. The van der Waals surface area contributed by atoms with Crippen molar-refractivity contribution in [1.29, 1.82) is 0 Å². The van der Waals surface area contributed by atoms with Crippen molar-refractivity contribution in [2.75, 3.05) is 0 Å². The molecule has 1 aromatic rings. The van der Waals surface area contributed by atoms with Gasteiger partial charge in [-0.3, -0.25) is 0 Å². The molecule has 0 aliphatic carbocycles. The number of imidazole rings is 1. The van der Waals surface area contributed by atoms with Gasteiger partial charge in [0, 0.05) is 31.4 Å². The van der Waals surface area contributed by atoms with Gasteiger partial charge in [-0.25, -0.2) is 4.98 Å². The van der Waals surface area contributed by atoms with E-state index < -0.39 is 0 Å². The lowest BCUT2D eigenvalue weighted by molar-refractivity contribution is 0.479. The molecule has 0 aliphatic heterocycles. The summed E-state index contributed by atoms with van der Waals surface area (Å²) in [5.41, 5.74) is 6.04. The first-order valence-corrected chi connectivity index (χ1v) is 5.39. The van der Waals surface area contributed by atoms with Gasteiger partial charge in [-0.1, -0.05) is 13.8 Å². The Morgan fingerprint density at radius 3 is 2.79 bits per heavy atom. The molecule has 3 heteroatoms. The molecule has 0 aliphatic rings. The molecule has 0 aromatic carbocycles. The standard InChI is InChI=1S/C11H21N3/c1-4-14-6-5-13-11(14)8-10(12)7-9(2)3/h5-6,9-10H,4,7-8,12H2,1-3H3. The second-order valence-electron chi connectivity index (χ2n) is 4.22. The third-order valence-electron chi connectivity index (χ3n) is 2.36. The maximum absolute atomic E-state index is 6.04. The van der Waals surface area contributed by atoms with Crippen LogP contribution >= 0.6 is 0 Å². The summed E-state index contributed by atoms with van der Waals surface area (Å²) in [6, 6.07) is 0.239. The fourth-order valence-corrected chi connectivity index (χ4v) is 1.74. The predicted octanol–water partition coefficient (Wildman–Crippen LogP) is 1.82. The fraction of sp³-hybridized carbons (Fsp3) is 0.727. The van der Waals surface area contributed by atoms with Crippen molar-refractivity contribution in [3.05, 3.63) is 18.2 Å². The minimum Gasteiger partial charge on any atom is -0.335 e. The number of nitrogens with zero attached hydrogens (tertiary/aromatic N) is 2. The van der Waals surface area contributed by atoms with Crippen molar-refractivity contribution in [2.24, 2.45) is 11.7 Å². The summed E-state index contributed by atoms with van der Waals surface area (Å²) in [5.74, 6) is 1.77. The average Bonchev–Trinajstić information content (AvgIpc) is 2.50. The molecule has 1 heterocycles. The van der Waals surface area contributed by atoms with E-state index in [-0.39, 0.29) is 6.04 Å². The van der Waals surface area contributed by atoms with E-state index in [1.165, 1.54) is 0 Å². The Morgan fingerprint density at radius 2 is 2.21 bits per heavy atom. The summed E-state index contributed by atoms with van der Waals surface area (Å²) in [6.07, 6.45) is 5.81. The Kier molecular flexibility index (Phi) is 4.14. The highest BCUT2D eigenvalue weighted by Crippen LogP contribution is 2.08. The van der Waals surface area contributed by atoms with Gasteiger partial charge in [0.25, 0.3) is 0 Å². The minimum atomic E-state index is 0.239. The van der Waals surface area contributed by atoms with E-state index >= 15 is 0 Å².